The van der Waals surface area contributed by atoms with Gasteiger partial charge >= 0.3 is 0 Å². The van der Waals surface area contributed by atoms with Crippen molar-refractivity contribution in [2.24, 2.45) is 5.92 Å². The van der Waals surface area contributed by atoms with Gasteiger partial charge in [-0.15, -0.1) is 0 Å². The number of non-ortho nitro benzene ring substituents is 1. The first kappa shape index (κ1) is 16.9. The Balaban J connectivity index is 1.53. The highest BCUT2D eigenvalue weighted by Gasteiger charge is 2.26. The summed E-state index contributed by atoms with van der Waals surface area (Å²) in [4.78, 5) is 27.2. The highest BCUT2D eigenvalue weighted by Crippen LogP contribution is 2.22. The molecule has 0 N–H and O–H groups in total. The molecule has 2 saturated heterocycles. The standard InChI is InChI=1S/C17H23N3O4/c21-17(15-2-1-3-16(12-15)20(22)23)19-6-4-14(5-7-19)13-18-8-10-24-11-9-18/h1-3,12,14H,4-11,13H2. The summed E-state index contributed by atoms with van der Waals surface area (Å²) >= 11 is 0. The van der Waals surface area contributed by atoms with Gasteiger partial charge in [-0.2, -0.15) is 0 Å². The molecule has 2 fully saturated rings. The molecule has 0 atom stereocenters. The van der Waals surface area contributed by atoms with E-state index in [9.17, 15) is 14.9 Å². The molecule has 0 aromatic heterocycles. The highest BCUT2D eigenvalue weighted by atomic mass is 16.6. The summed E-state index contributed by atoms with van der Waals surface area (Å²) in [5.41, 5.74) is 0.360. The number of morpholine rings is 1. The Bertz CT molecular complexity index is 593. The van der Waals surface area contributed by atoms with Crippen LogP contribution in [0, 0.1) is 16.0 Å². The van der Waals surface area contributed by atoms with Crippen LogP contribution >= 0.6 is 0 Å². The normalized spacial score (nSPS) is 20.1. The molecule has 130 valence electrons. The number of amides is 1. The topological polar surface area (TPSA) is 75.9 Å². The Hall–Kier alpha value is -1.99. The van der Waals surface area contributed by atoms with Crippen molar-refractivity contribution >= 4 is 11.6 Å². The smallest absolute Gasteiger partial charge is 0.270 e. The highest BCUT2D eigenvalue weighted by molar-refractivity contribution is 5.94. The van der Waals surface area contributed by atoms with E-state index in [1.54, 1.807) is 12.1 Å². The molecule has 0 aliphatic carbocycles. The number of carbonyl (C=O) groups excluding carboxylic acids is 1. The molecule has 2 aliphatic heterocycles. The molecule has 2 heterocycles. The summed E-state index contributed by atoms with van der Waals surface area (Å²) in [6.45, 7) is 6.11. The number of nitro benzene ring substituents is 1. The summed E-state index contributed by atoms with van der Waals surface area (Å²) in [5, 5.41) is 10.9. The van der Waals surface area contributed by atoms with Crippen LogP contribution in [0.15, 0.2) is 24.3 Å². The van der Waals surface area contributed by atoms with E-state index in [1.165, 1.54) is 12.1 Å². The van der Waals surface area contributed by atoms with Crippen LogP contribution in [0.1, 0.15) is 23.2 Å². The summed E-state index contributed by atoms with van der Waals surface area (Å²) in [6.07, 6.45) is 1.97. The van der Waals surface area contributed by atoms with E-state index in [0.717, 1.165) is 58.8 Å². The largest absolute Gasteiger partial charge is 0.379 e. The van der Waals surface area contributed by atoms with Crippen molar-refractivity contribution in [2.75, 3.05) is 45.9 Å². The van der Waals surface area contributed by atoms with Gasteiger partial charge in [-0.3, -0.25) is 19.8 Å². The first-order valence-electron chi connectivity index (χ1n) is 8.47. The predicted octanol–water partition coefficient (Wildman–Crippen LogP) is 1.78. The van der Waals surface area contributed by atoms with Crippen molar-refractivity contribution in [3.63, 3.8) is 0 Å². The van der Waals surface area contributed by atoms with Gasteiger partial charge in [0.2, 0.25) is 0 Å². The quantitative estimate of drug-likeness (QED) is 0.620. The second-order valence-corrected chi connectivity index (χ2v) is 6.46. The number of likely N-dealkylation sites (tertiary alicyclic amines) is 1. The zero-order valence-electron chi connectivity index (χ0n) is 13.7. The van der Waals surface area contributed by atoms with Crippen molar-refractivity contribution in [2.45, 2.75) is 12.8 Å². The van der Waals surface area contributed by atoms with Gasteiger partial charge in [0, 0.05) is 50.4 Å². The fourth-order valence-corrected chi connectivity index (χ4v) is 3.40. The van der Waals surface area contributed by atoms with Crippen molar-refractivity contribution in [1.29, 1.82) is 0 Å². The minimum atomic E-state index is -0.467. The number of nitro groups is 1. The van der Waals surface area contributed by atoms with Crippen LogP contribution < -0.4 is 0 Å². The molecule has 0 spiro atoms. The number of hydrogen-bond donors (Lipinski definition) is 0. The lowest BCUT2D eigenvalue weighted by atomic mass is 9.95. The van der Waals surface area contributed by atoms with Crippen LogP contribution in [0.5, 0.6) is 0 Å². The van der Waals surface area contributed by atoms with Crippen LogP contribution in [0.2, 0.25) is 0 Å². The van der Waals surface area contributed by atoms with E-state index in [-0.39, 0.29) is 11.6 Å². The number of hydrogen-bond acceptors (Lipinski definition) is 5. The molecule has 1 aromatic rings. The Kier molecular flexibility index (Phi) is 5.42. The number of piperidine rings is 1. The summed E-state index contributed by atoms with van der Waals surface area (Å²) in [5.74, 6) is 0.501. The second-order valence-electron chi connectivity index (χ2n) is 6.46. The minimum Gasteiger partial charge on any atom is -0.379 e. The van der Waals surface area contributed by atoms with Crippen LogP contribution in [-0.4, -0.2) is 66.6 Å². The molecule has 0 unspecified atom stereocenters. The maximum absolute atomic E-state index is 12.5. The predicted molar refractivity (Wildman–Crippen MR) is 89.0 cm³/mol. The molecule has 2 aliphatic rings. The second kappa shape index (κ2) is 7.72. The number of rotatable bonds is 4. The molecular formula is C17H23N3O4. The molecule has 0 saturated carbocycles. The molecule has 1 amide bonds. The van der Waals surface area contributed by atoms with Gasteiger partial charge in [-0.1, -0.05) is 6.07 Å². The summed E-state index contributed by atoms with van der Waals surface area (Å²) < 4.78 is 5.37. The number of ether oxygens (including phenoxy) is 1. The molecule has 0 radical (unpaired) electrons. The lowest BCUT2D eigenvalue weighted by molar-refractivity contribution is -0.384. The Morgan fingerprint density at radius 2 is 1.92 bits per heavy atom. The Morgan fingerprint density at radius 1 is 1.21 bits per heavy atom. The number of carbonyl (C=O) groups is 1. The average Bonchev–Trinajstić information content (AvgIpc) is 2.63. The van der Waals surface area contributed by atoms with E-state index < -0.39 is 4.92 Å². The van der Waals surface area contributed by atoms with E-state index in [4.69, 9.17) is 4.74 Å². The molecule has 0 bridgehead atoms. The number of nitrogens with zero attached hydrogens (tertiary/aromatic N) is 3. The maximum atomic E-state index is 12.5. The number of benzene rings is 1. The molecule has 3 rings (SSSR count). The zero-order valence-corrected chi connectivity index (χ0v) is 13.7. The maximum Gasteiger partial charge on any atom is 0.270 e. The van der Waals surface area contributed by atoms with Crippen molar-refractivity contribution in [3.05, 3.63) is 39.9 Å². The van der Waals surface area contributed by atoms with Gasteiger partial charge < -0.3 is 9.64 Å². The third kappa shape index (κ3) is 4.10. The zero-order chi connectivity index (χ0) is 16.9. The van der Waals surface area contributed by atoms with E-state index >= 15 is 0 Å². The molecule has 7 nitrogen and oxygen atoms in total. The van der Waals surface area contributed by atoms with Crippen molar-refractivity contribution in [3.8, 4) is 0 Å². The van der Waals surface area contributed by atoms with Crippen molar-refractivity contribution in [1.82, 2.24) is 9.80 Å². The van der Waals surface area contributed by atoms with Gasteiger partial charge in [0.25, 0.3) is 11.6 Å². The van der Waals surface area contributed by atoms with Crippen LogP contribution in [0.3, 0.4) is 0 Å². The van der Waals surface area contributed by atoms with Crippen LogP contribution in [-0.2, 0) is 4.74 Å². The summed E-state index contributed by atoms with van der Waals surface area (Å²) in [7, 11) is 0. The first-order chi connectivity index (χ1) is 11.6. The van der Waals surface area contributed by atoms with Gasteiger partial charge in [-0.25, -0.2) is 0 Å². The lowest BCUT2D eigenvalue weighted by Crippen LogP contribution is -2.44. The fourth-order valence-electron chi connectivity index (χ4n) is 3.40. The van der Waals surface area contributed by atoms with Crippen LogP contribution in [0.4, 0.5) is 5.69 Å². The van der Waals surface area contributed by atoms with E-state index in [1.807, 2.05) is 4.90 Å². The monoisotopic (exact) mass is 333 g/mol. The third-order valence-corrected chi connectivity index (χ3v) is 4.83. The third-order valence-electron chi connectivity index (χ3n) is 4.83. The SMILES string of the molecule is O=C(c1cccc([N+](=O)[O-])c1)N1CCC(CN2CCOCC2)CC1. The first-order valence-corrected chi connectivity index (χ1v) is 8.47. The van der Waals surface area contributed by atoms with Gasteiger partial charge in [0.15, 0.2) is 0 Å². The van der Waals surface area contributed by atoms with E-state index in [2.05, 4.69) is 4.90 Å². The molecular weight excluding hydrogens is 310 g/mol. The Morgan fingerprint density at radius 3 is 2.58 bits per heavy atom. The minimum absolute atomic E-state index is 0.0388. The summed E-state index contributed by atoms with van der Waals surface area (Å²) in [6, 6.07) is 5.99. The molecule has 1 aromatic carbocycles. The molecule has 7 heteroatoms. The fraction of sp³-hybridized carbons (Fsp3) is 0.588. The Labute approximate surface area is 141 Å². The van der Waals surface area contributed by atoms with Crippen molar-refractivity contribution < 1.29 is 14.5 Å². The molecule has 24 heavy (non-hydrogen) atoms. The average molecular weight is 333 g/mol. The van der Waals surface area contributed by atoms with Gasteiger partial charge in [0.1, 0.15) is 0 Å². The van der Waals surface area contributed by atoms with Gasteiger partial charge in [0.05, 0.1) is 18.1 Å². The van der Waals surface area contributed by atoms with Crippen LogP contribution in [0.25, 0.3) is 0 Å². The lowest BCUT2D eigenvalue weighted by Gasteiger charge is -2.36. The van der Waals surface area contributed by atoms with E-state index in [0.29, 0.717) is 11.5 Å². The van der Waals surface area contributed by atoms with Gasteiger partial charge in [-0.05, 0) is 24.8 Å².